The van der Waals surface area contributed by atoms with E-state index in [1.807, 2.05) is 0 Å². The average molecular weight is 480 g/mol. The molecule has 0 N–H and O–H groups in total. The van der Waals surface area contributed by atoms with Gasteiger partial charge >= 0.3 is 6.11 Å². The molecule has 0 spiro atoms. The molecule has 0 aromatic heterocycles. The normalized spacial score (nSPS) is 16.4. The smallest absolute Gasteiger partial charge is 0.429 e. The van der Waals surface area contributed by atoms with Crippen LogP contribution < -0.4 is 4.74 Å². The van der Waals surface area contributed by atoms with Crippen molar-refractivity contribution in [2.45, 2.75) is 32.3 Å². The van der Waals surface area contributed by atoms with Crippen LogP contribution in [0.3, 0.4) is 0 Å². The number of hydrogen-bond acceptors (Lipinski definition) is 1. The molecule has 3 aromatic carbocycles. The molecule has 0 amide bonds. The van der Waals surface area contributed by atoms with Crippen LogP contribution in [-0.2, 0) is 6.11 Å². The average Bonchev–Trinajstić information content (AvgIpc) is 2.77. The summed E-state index contributed by atoms with van der Waals surface area (Å²) in [5.74, 6) is -7.84. The van der Waals surface area contributed by atoms with E-state index < -0.39 is 46.5 Å². The highest BCUT2D eigenvalue weighted by molar-refractivity contribution is 5.71. The summed E-state index contributed by atoms with van der Waals surface area (Å²) in [6.07, 6.45) is 0.443. The van der Waals surface area contributed by atoms with E-state index in [1.165, 1.54) is 12.1 Å². The number of benzene rings is 3. The molecule has 178 valence electrons. The molecule has 1 unspecified atom stereocenters. The molecule has 0 radical (unpaired) electrons. The maximum atomic E-state index is 14.8. The second-order valence-corrected chi connectivity index (χ2v) is 8.32. The number of alkyl halides is 2. The summed E-state index contributed by atoms with van der Waals surface area (Å²) in [5, 5.41) is 0. The Kier molecular flexibility index (Phi) is 6.43. The van der Waals surface area contributed by atoms with E-state index in [-0.39, 0.29) is 23.3 Å². The van der Waals surface area contributed by atoms with Gasteiger partial charge in [-0.25, -0.2) is 22.0 Å². The Bertz CT molecular complexity index is 1240. The van der Waals surface area contributed by atoms with Gasteiger partial charge in [-0.05, 0) is 60.1 Å². The molecule has 0 heterocycles. The van der Waals surface area contributed by atoms with Crippen molar-refractivity contribution in [2.75, 3.05) is 0 Å². The Morgan fingerprint density at radius 2 is 1.44 bits per heavy atom. The van der Waals surface area contributed by atoms with Crippen molar-refractivity contribution in [2.24, 2.45) is 5.92 Å². The summed E-state index contributed by atoms with van der Waals surface area (Å²) in [7, 11) is 0. The van der Waals surface area contributed by atoms with E-state index >= 15 is 0 Å². The fourth-order valence-electron chi connectivity index (χ4n) is 3.89. The lowest BCUT2D eigenvalue weighted by Gasteiger charge is -2.20. The van der Waals surface area contributed by atoms with Crippen molar-refractivity contribution in [1.29, 1.82) is 0 Å². The van der Waals surface area contributed by atoms with Crippen molar-refractivity contribution < 1.29 is 35.5 Å². The van der Waals surface area contributed by atoms with Crippen molar-refractivity contribution >= 4 is 5.57 Å². The molecule has 1 aliphatic carbocycles. The first-order valence-electron chi connectivity index (χ1n) is 10.6. The van der Waals surface area contributed by atoms with E-state index in [2.05, 4.69) is 17.7 Å². The first-order chi connectivity index (χ1) is 16.0. The lowest BCUT2D eigenvalue weighted by atomic mass is 9.87. The lowest BCUT2D eigenvalue weighted by molar-refractivity contribution is -0.187. The van der Waals surface area contributed by atoms with Crippen LogP contribution in [0.25, 0.3) is 16.7 Å². The van der Waals surface area contributed by atoms with Gasteiger partial charge in [0.15, 0.2) is 17.5 Å². The maximum absolute atomic E-state index is 14.8. The molecule has 0 fully saturated rings. The van der Waals surface area contributed by atoms with E-state index in [1.54, 1.807) is 6.07 Å². The van der Waals surface area contributed by atoms with Gasteiger partial charge in [0.05, 0.1) is 5.56 Å². The zero-order chi connectivity index (χ0) is 24.6. The van der Waals surface area contributed by atoms with E-state index in [9.17, 15) is 30.7 Å². The molecule has 0 bridgehead atoms. The molecule has 3 aromatic rings. The topological polar surface area (TPSA) is 9.23 Å². The van der Waals surface area contributed by atoms with Crippen LogP contribution in [0.1, 0.15) is 37.3 Å². The highest BCUT2D eigenvalue weighted by Gasteiger charge is 2.38. The van der Waals surface area contributed by atoms with Crippen LogP contribution >= 0.6 is 0 Å². The standard InChI is InChI=1S/C26H19F7O/c1-14-2-4-15(5-3-14)16-6-8-19(21(27)10-16)17-7-9-20(22(28)11-17)26(32,33)34-18-12-23(29)25(31)24(30)13-18/h4,6-14H,2-3,5H2,1H3. The molecular formula is C26H19F7O. The minimum Gasteiger partial charge on any atom is -0.429 e. The fraction of sp³-hybridized carbons (Fsp3) is 0.231. The first-order valence-corrected chi connectivity index (χ1v) is 10.6. The van der Waals surface area contributed by atoms with Gasteiger partial charge in [-0.15, -0.1) is 0 Å². The lowest BCUT2D eigenvalue weighted by Crippen LogP contribution is -2.23. The number of ether oxygens (including phenoxy) is 1. The molecule has 1 aliphatic rings. The maximum Gasteiger partial charge on any atom is 0.429 e. The molecule has 34 heavy (non-hydrogen) atoms. The monoisotopic (exact) mass is 480 g/mol. The molecule has 0 saturated carbocycles. The van der Waals surface area contributed by atoms with E-state index in [0.717, 1.165) is 37.0 Å². The third-order valence-corrected chi connectivity index (χ3v) is 5.81. The van der Waals surface area contributed by atoms with Gasteiger partial charge in [-0.3, -0.25) is 0 Å². The summed E-state index contributed by atoms with van der Waals surface area (Å²) >= 11 is 0. The molecule has 1 atom stereocenters. The van der Waals surface area contributed by atoms with Gasteiger partial charge in [0.2, 0.25) is 0 Å². The summed E-state index contributed by atoms with van der Waals surface area (Å²) in [6, 6.07) is 7.42. The Hall–Kier alpha value is -3.29. The predicted octanol–water partition coefficient (Wildman–Crippen LogP) is 8.38. The van der Waals surface area contributed by atoms with Crippen molar-refractivity contribution in [3.05, 3.63) is 94.8 Å². The Morgan fingerprint density at radius 1 is 0.794 bits per heavy atom. The Morgan fingerprint density at radius 3 is 2.03 bits per heavy atom. The quantitative estimate of drug-likeness (QED) is 0.263. The summed E-state index contributed by atoms with van der Waals surface area (Å²) in [4.78, 5) is 0. The highest BCUT2D eigenvalue weighted by atomic mass is 19.3. The summed E-state index contributed by atoms with van der Waals surface area (Å²) in [6.45, 7) is 2.14. The molecular weight excluding hydrogens is 461 g/mol. The van der Waals surface area contributed by atoms with Crippen LogP contribution in [0, 0.1) is 35.0 Å². The molecule has 0 saturated heterocycles. The fourth-order valence-corrected chi connectivity index (χ4v) is 3.89. The summed E-state index contributed by atoms with van der Waals surface area (Å²) < 4.78 is 102. The van der Waals surface area contributed by atoms with Gasteiger partial charge in [-0.2, -0.15) is 8.78 Å². The molecule has 8 heteroatoms. The van der Waals surface area contributed by atoms with Crippen molar-refractivity contribution in [3.8, 4) is 16.9 Å². The highest BCUT2D eigenvalue weighted by Crippen LogP contribution is 2.37. The van der Waals surface area contributed by atoms with E-state index in [4.69, 9.17) is 0 Å². The largest absolute Gasteiger partial charge is 0.429 e. The van der Waals surface area contributed by atoms with Gasteiger partial charge in [0.25, 0.3) is 0 Å². The minimum absolute atomic E-state index is 0.0193. The van der Waals surface area contributed by atoms with Crippen LogP contribution in [0.2, 0.25) is 0 Å². The number of halogens is 7. The van der Waals surface area contributed by atoms with Crippen LogP contribution in [0.5, 0.6) is 5.75 Å². The Labute approximate surface area is 191 Å². The molecule has 1 nitrogen and oxygen atoms in total. The van der Waals surface area contributed by atoms with Gasteiger partial charge in [0, 0.05) is 17.7 Å². The van der Waals surface area contributed by atoms with Crippen molar-refractivity contribution in [3.63, 3.8) is 0 Å². The predicted molar refractivity (Wildman–Crippen MR) is 114 cm³/mol. The van der Waals surface area contributed by atoms with Gasteiger partial charge in [0.1, 0.15) is 17.4 Å². The zero-order valence-corrected chi connectivity index (χ0v) is 17.9. The number of rotatable bonds is 5. The molecule has 0 aliphatic heterocycles. The number of allylic oxidation sites excluding steroid dienone is 2. The van der Waals surface area contributed by atoms with Crippen LogP contribution in [-0.4, -0.2) is 0 Å². The first kappa shape index (κ1) is 23.9. The molecule has 4 rings (SSSR count). The van der Waals surface area contributed by atoms with Crippen molar-refractivity contribution in [1.82, 2.24) is 0 Å². The SMILES string of the molecule is CC1CC=C(c2ccc(-c3ccc(C(F)(F)Oc4cc(F)c(F)c(F)c4)c(F)c3)c(F)c2)CC1. The zero-order valence-electron chi connectivity index (χ0n) is 17.9. The van der Waals surface area contributed by atoms with E-state index in [0.29, 0.717) is 17.5 Å². The van der Waals surface area contributed by atoms with Gasteiger partial charge in [-0.1, -0.05) is 31.2 Å². The van der Waals surface area contributed by atoms with Crippen LogP contribution in [0.4, 0.5) is 30.7 Å². The summed E-state index contributed by atoms with van der Waals surface area (Å²) in [5.41, 5.74) is 0.538. The van der Waals surface area contributed by atoms with Crippen LogP contribution in [0.15, 0.2) is 54.6 Å². The second-order valence-electron chi connectivity index (χ2n) is 8.32. The third-order valence-electron chi connectivity index (χ3n) is 5.81. The Balaban J connectivity index is 1.59. The minimum atomic E-state index is -4.34. The second kappa shape index (κ2) is 9.16. The van der Waals surface area contributed by atoms with Gasteiger partial charge < -0.3 is 4.74 Å². The number of hydrogen-bond donors (Lipinski definition) is 0. The third kappa shape index (κ3) is 4.81.